The molecule has 0 N–H and O–H groups in total. The van der Waals surface area contributed by atoms with Crippen LogP contribution in [0.5, 0.6) is 0 Å². The Balaban J connectivity index is 2.43. The Kier molecular flexibility index (Phi) is 2.15. The van der Waals surface area contributed by atoms with Gasteiger partial charge in [0.15, 0.2) is 0 Å². The minimum absolute atomic E-state index is 0.284. The van der Waals surface area contributed by atoms with E-state index < -0.39 is 0 Å². The maximum absolute atomic E-state index is 5.51. The Labute approximate surface area is 77.6 Å². The first-order valence-electron chi connectivity index (χ1n) is 4.09. The van der Waals surface area contributed by atoms with Crippen molar-refractivity contribution in [3.8, 4) is 0 Å². The highest BCUT2D eigenvalue weighted by Gasteiger charge is 2.22. The average Bonchev–Trinajstić information content (AvgIpc) is 2.47. The molecule has 0 spiro atoms. The summed E-state index contributed by atoms with van der Waals surface area (Å²) in [6, 6.07) is 6.56. The molecule has 12 heavy (non-hydrogen) atoms. The van der Waals surface area contributed by atoms with E-state index in [1.165, 1.54) is 15.9 Å². The molecule has 0 saturated carbocycles. The zero-order chi connectivity index (χ0) is 8.55. The number of rotatable bonds is 1. The summed E-state index contributed by atoms with van der Waals surface area (Å²) >= 11 is 1.78. The molecule has 0 bridgehead atoms. The fourth-order valence-corrected chi connectivity index (χ4v) is 1.96. The molecule has 0 saturated heterocycles. The van der Waals surface area contributed by atoms with Crippen LogP contribution in [0.1, 0.15) is 5.56 Å². The van der Waals surface area contributed by atoms with Gasteiger partial charge in [0, 0.05) is 4.90 Å². The second-order valence-corrected chi connectivity index (χ2v) is 3.90. The Bertz CT molecular complexity index is 301. The lowest BCUT2D eigenvalue weighted by Gasteiger charge is -2.01. The topological polar surface area (TPSA) is 9.23 Å². The van der Waals surface area contributed by atoms with Crippen molar-refractivity contribution in [3.63, 3.8) is 0 Å². The zero-order valence-electron chi connectivity index (χ0n) is 7.33. The Morgan fingerprint density at radius 3 is 3.08 bits per heavy atom. The van der Waals surface area contributed by atoms with E-state index in [0.29, 0.717) is 0 Å². The van der Waals surface area contributed by atoms with Gasteiger partial charge in [0.2, 0.25) is 0 Å². The summed E-state index contributed by atoms with van der Waals surface area (Å²) in [5.74, 6) is 0. The van der Waals surface area contributed by atoms with Crippen LogP contribution in [-0.2, 0) is 11.3 Å². The maximum Gasteiger partial charge on any atom is 0.324 e. The quantitative estimate of drug-likeness (QED) is 0.478. The second-order valence-electron chi connectivity index (χ2n) is 3.02. The average molecular weight is 178 g/mol. The zero-order valence-corrected chi connectivity index (χ0v) is 8.15. The molecule has 0 aliphatic carbocycles. The minimum atomic E-state index is 0.284. The van der Waals surface area contributed by atoms with Gasteiger partial charge in [0.05, 0.1) is 6.61 Å². The molecule has 1 aromatic rings. The molecule has 3 heteroatoms. The number of fused-ring (bicyclic) bond motifs is 1. The van der Waals surface area contributed by atoms with Crippen molar-refractivity contribution in [2.45, 2.75) is 18.3 Å². The summed E-state index contributed by atoms with van der Waals surface area (Å²) in [6.07, 6.45) is 2.10. The predicted octanol–water partition coefficient (Wildman–Crippen LogP) is 1.77. The number of benzene rings is 1. The van der Waals surface area contributed by atoms with E-state index in [2.05, 4.69) is 31.3 Å². The minimum Gasteiger partial charge on any atom is -0.427 e. The third kappa shape index (κ3) is 1.27. The molecule has 1 aromatic carbocycles. The molecule has 0 amide bonds. The lowest BCUT2D eigenvalue weighted by atomic mass is 9.64. The molecule has 1 aliphatic rings. The van der Waals surface area contributed by atoms with Gasteiger partial charge in [0.1, 0.15) is 0 Å². The number of hydrogen-bond acceptors (Lipinski definition) is 2. The predicted molar refractivity (Wildman–Crippen MR) is 54.3 cm³/mol. The van der Waals surface area contributed by atoms with Crippen molar-refractivity contribution in [1.29, 1.82) is 0 Å². The van der Waals surface area contributed by atoms with Crippen LogP contribution in [0.25, 0.3) is 0 Å². The molecule has 2 rings (SSSR count). The summed E-state index contributed by atoms with van der Waals surface area (Å²) in [7, 11) is 0. The normalized spacial score (nSPS) is 15.0. The highest BCUT2D eigenvalue weighted by Crippen LogP contribution is 2.18. The van der Waals surface area contributed by atoms with E-state index in [1.54, 1.807) is 11.8 Å². The fraction of sp³-hybridized carbons (Fsp3) is 0.333. The standard InChI is InChI=1S/C9H11BOS/c1-10-9-5-8(12-2)4-3-7(9)6-11-10/h3-5H,6H2,1-2H3. The molecule has 62 valence electrons. The first kappa shape index (κ1) is 8.20. The van der Waals surface area contributed by atoms with E-state index in [1.807, 2.05) is 0 Å². The smallest absolute Gasteiger partial charge is 0.324 e. The molecular formula is C9H11BOS. The third-order valence-electron chi connectivity index (χ3n) is 2.28. The first-order chi connectivity index (χ1) is 5.81. The molecule has 1 heterocycles. The van der Waals surface area contributed by atoms with Gasteiger partial charge < -0.3 is 4.65 Å². The van der Waals surface area contributed by atoms with E-state index in [9.17, 15) is 0 Å². The lowest BCUT2D eigenvalue weighted by molar-refractivity contribution is 0.333. The van der Waals surface area contributed by atoms with Crippen LogP contribution in [0.2, 0.25) is 6.82 Å². The van der Waals surface area contributed by atoms with Gasteiger partial charge in [-0.1, -0.05) is 19.0 Å². The molecule has 0 atom stereocenters. The van der Waals surface area contributed by atoms with Crippen LogP contribution < -0.4 is 5.46 Å². The molecule has 0 unspecified atom stereocenters. The second kappa shape index (κ2) is 3.15. The summed E-state index contributed by atoms with van der Waals surface area (Å²) < 4.78 is 5.51. The van der Waals surface area contributed by atoms with Gasteiger partial charge in [-0.2, -0.15) is 0 Å². The molecule has 0 aromatic heterocycles. The van der Waals surface area contributed by atoms with Gasteiger partial charge >= 0.3 is 6.92 Å². The van der Waals surface area contributed by atoms with Crippen LogP contribution in [0.15, 0.2) is 23.1 Å². The maximum atomic E-state index is 5.51. The van der Waals surface area contributed by atoms with Crippen molar-refractivity contribution in [2.75, 3.05) is 6.26 Å². The summed E-state index contributed by atoms with van der Waals surface area (Å²) in [6.45, 7) is 3.17. The van der Waals surface area contributed by atoms with E-state index in [-0.39, 0.29) is 6.92 Å². The Hall–Kier alpha value is -0.405. The van der Waals surface area contributed by atoms with Crippen molar-refractivity contribution in [2.24, 2.45) is 0 Å². The van der Waals surface area contributed by atoms with Crippen LogP contribution in [-0.4, -0.2) is 13.2 Å². The van der Waals surface area contributed by atoms with Crippen LogP contribution in [0.4, 0.5) is 0 Å². The van der Waals surface area contributed by atoms with E-state index in [0.717, 1.165) is 6.61 Å². The van der Waals surface area contributed by atoms with Crippen LogP contribution in [0.3, 0.4) is 0 Å². The van der Waals surface area contributed by atoms with Crippen molar-refractivity contribution >= 4 is 24.1 Å². The highest BCUT2D eigenvalue weighted by atomic mass is 32.2. The Morgan fingerprint density at radius 1 is 1.50 bits per heavy atom. The lowest BCUT2D eigenvalue weighted by Crippen LogP contribution is -2.24. The molecule has 0 radical (unpaired) electrons. The SMILES string of the molecule is CSc1ccc2c(c1)B(C)OC2. The molecular weight excluding hydrogens is 167 g/mol. The molecule has 1 aliphatic heterocycles. The van der Waals surface area contributed by atoms with Gasteiger partial charge in [-0.25, -0.2) is 0 Å². The van der Waals surface area contributed by atoms with Crippen molar-refractivity contribution in [3.05, 3.63) is 23.8 Å². The van der Waals surface area contributed by atoms with E-state index in [4.69, 9.17) is 4.65 Å². The molecule has 0 fully saturated rings. The number of hydrogen-bond donors (Lipinski definition) is 0. The first-order valence-corrected chi connectivity index (χ1v) is 5.32. The fourth-order valence-electron chi connectivity index (χ4n) is 1.51. The van der Waals surface area contributed by atoms with Crippen LogP contribution >= 0.6 is 11.8 Å². The number of thioether (sulfide) groups is 1. The van der Waals surface area contributed by atoms with Gasteiger partial charge in [-0.3, -0.25) is 0 Å². The van der Waals surface area contributed by atoms with Crippen molar-refractivity contribution < 1.29 is 4.65 Å². The molecule has 1 nitrogen and oxygen atoms in total. The highest BCUT2D eigenvalue weighted by molar-refractivity contribution is 7.98. The Morgan fingerprint density at radius 2 is 2.33 bits per heavy atom. The largest absolute Gasteiger partial charge is 0.427 e. The summed E-state index contributed by atoms with van der Waals surface area (Å²) in [5.41, 5.74) is 2.71. The van der Waals surface area contributed by atoms with Gasteiger partial charge in [-0.05, 0) is 23.3 Å². The third-order valence-corrected chi connectivity index (χ3v) is 3.01. The van der Waals surface area contributed by atoms with Crippen molar-refractivity contribution in [1.82, 2.24) is 0 Å². The summed E-state index contributed by atoms with van der Waals surface area (Å²) in [4.78, 5) is 1.33. The van der Waals surface area contributed by atoms with Gasteiger partial charge in [0.25, 0.3) is 0 Å². The van der Waals surface area contributed by atoms with E-state index >= 15 is 0 Å². The summed E-state index contributed by atoms with van der Waals surface area (Å²) in [5, 5.41) is 0. The monoisotopic (exact) mass is 178 g/mol. The van der Waals surface area contributed by atoms with Gasteiger partial charge in [-0.15, -0.1) is 11.8 Å². The van der Waals surface area contributed by atoms with Crippen LogP contribution in [0, 0.1) is 0 Å².